The third-order valence-corrected chi connectivity index (χ3v) is 4.10. The fourth-order valence-corrected chi connectivity index (χ4v) is 2.80. The van der Waals surface area contributed by atoms with Gasteiger partial charge in [0.1, 0.15) is 11.5 Å². The highest BCUT2D eigenvalue weighted by molar-refractivity contribution is 7.71. The third kappa shape index (κ3) is 4.91. The van der Waals surface area contributed by atoms with E-state index >= 15 is 0 Å². The van der Waals surface area contributed by atoms with Crippen molar-refractivity contribution in [3.8, 4) is 22.8 Å². The number of likely N-dealkylation sites (N-methyl/N-ethyl adjacent to an activating group) is 1. The van der Waals surface area contributed by atoms with E-state index in [4.69, 9.17) is 21.7 Å². The number of rotatable bonds is 9. The first-order chi connectivity index (χ1) is 12.1. The molecule has 0 radical (unpaired) electrons. The molecule has 0 spiro atoms. The molecule has 0 unspecified atom stereocenters. The number of aromatic amines is 1. The van der Waals surface area contributed by atoms with Crippen LogP contribution in [0, 0.1) is 4.77 Å². The van der Waals surface area contributed by atoms with Crippen LogP contribution < -0.4 is 25.7 Å². The molecule has 0 amide bonds. The van der Waals surface area contributed by atoms with Crippen LogP contribution in [-0.2, 0) is 6.54 Å². The molecule has 0 fully saturated rings. The van der Waals surface area contributed by atoms with E-state index in [1.54, 1.807) is 20.3 Å². The lowest BCUT2D eigenvalue weighted by atomic mass is 10.1. The molecule has 136 valence electrons. The van der Waals surface area contributed by atoms with Gasteiger partial charge in [-0.1, -0.05) is 0 Å². The predicted molar refractivity (Wildman–Crippen MR) is 101 cm³/mol. The number of aromatic nitrogens is 2. The molecule has 8 heteroatoms. The Bertz CT molecular complexity index is 816. The molecule has 2 rings (SSSR count). The zero-order valence-electron chi connectivity index (χ0n) is 14.7. The Kier molecular flexibility index (Phi) is 7.17. The molecule has 0 saturated carbocycles. The van der Waals surface area contributed by atoms with Crippen LogP contribution in [0.5, 0.6) is 11.5 Å². The van der Waals surface area contributed by atoms with E-state index in [2.05, 4.69) is 15.6 Å². The van der Waals surface area contributed by atoms with Crippen LogP contribution in [0.1, 0.15) is 0 Å². The van der Waals surface area contributed by atoms with Gasteiger partial charge in [-0.2, -0.15) is 0 Å². The molecule has 7 nitrogen and oxygen atoms in total. The summed E-state index contributed by atoms with van der Waals surface area (Å²) in [6.07, 6.45) is 0. The Morgan fingerprint density at radius 1 is 1.16 bits per heavy atom. The van der Waals surface area contributed by atoms with Crippen LogP contribution >= 0.6 is 12.2 Å². The molecule has 1 heterocycles. The number of hydrogen-bond donors (Lipinski definition) is 3. The fraction of sp³-hybridized carbons (Fsp3) is 0.412. The van der Waals surface area contributed by atoms with Gasteiger partial charge in [0.2, 0.25) is 0 Å². The van der Waals surface area contributed by atoms with Crippen molar-refractivity contribution in [1.29, 1.82) is 0 Å². The maximum Gasteiger partial charge on any atom is 0.252 e. The smallest absolute Gasteiger partial charge is 0.252 e. The summed E-state index contributed by atoms with van der Waals surface area (Å²) >= 11 is 5.36. The number of hydrogen-bond acceptors (Lipinski definition) is 6. The summed E-state index contributed by atoms with van der Waals surface area (Å²) in [4.78, 5) is 14.6. The molecular weight excluding hydrogens is 340 g/mol. The summed E-state index contributed by atoms with van der Waals surface area (Å²) in [5, 5.41) is 6.41. The molecule has 0 bridgehead atoms. The lowest BCUT2D eigenvalue weighted by Gasteiger charge is -2.17. The second kappa shape index (κ2) is 9.36. The number of methoxy groups -OCH3 is 2. The van der Waals surface area contributed by atoms with Gasteiger partial charge in [0.05, 0.1) is 19.9 Å². The summed E-state index contributed by atoms with van der Waals surface area (Å²) in [5.74, 6) is 1.31. The zero-order chi connectivity index (χ0) is 18.2. The van der Waals surface area contributed by atoms with Gasteiger partial charge in [-0.3, -0.25) is 9.78 Å². The number of nitrogens with zero attached hydrogens (tertiary/aromatic N) is 1. The highest BCUT2D eigenvalue weighted by Gasteiger charge is 2.13. The van der Waals surface area contributed by atoms with Crippen LogP contribution in [0.25, 0.3) is 11.3 Å². The van der Waals surface area contributed by atoms with Gasteiger partial charge >= 0.3 is 0 Å². The molecule has 1 aromatic carbocycles. The van der Waals surface area contributed by atoms with E-state index in [1.807, 2.05) is 23.7 Å². The van der Waals surface area contributed by atoms with Gasteiger partial charge < -0.3 is 24.7 Å². The summed E-state index contributed by atoms with van der Waals surface area (Å²) in [6, 6.07) is 7.02. The number of benzene rings is 1. The van der Waals surface area contributed by atoms with Gasteiger partial charge in [0, 0.05) is 43.9 Å². The van der Waals surface area contributed by atoms with Crippen LogP contribution in [-0.4, -0.2) is 50.5 Å². The summed E-state index contributed by atoms with van der Waals surface area (Å²) in [5.41, 5.74) is 1.26. The van der Waals surface area contributed by atoms with Crippen molar-refractivity contribution in [2.24, 2.45) is 0 Å². The SMILES string of the molecule is CNCCNCCn1c(-c2ccc(OC)cc2OC)cc(=O)[nH]c1=S. The maximum absolute atomic E-state index is 11.9. The van der Waals surface area contributed by atoms with Crippen LogP contribution in [0.4, 0.5) is 0 Å². The van der Waals surface area contributed by atoms with E-state index in [9.17, 15) is 4.79 Å². The second-order valence-corrected chi connectivity index (χ2v) is 5.78. The molecule has 0 aliphatic rings. The summed E-state index contributed by atoms with van der Waals surface area (Å²) in [6.45, 7) is 3.10. The normalized spacial score (nSPS) is 10.7. The lowest BCUT2D eigenvalue weighted by molar-refractivity contribution is 0.395. The third-order valence-electron chi connectivity index (χ3n) is 3.78. The van der Waals surface area contributed by atoms with Gasteiger partial charge in [0.15, 0.2) is 4.77 Å². The van der Waals surface area contributed by atoms with Crippen LogP contribution in [0.3, 0.4) is 0 Å². The van der Waals surface area contributed by atoms with Gasteiger partial charge in [0.25, 0.3) is 5.56 Å². The lowest BCUT2D eigenvalue weighted by Crippen LogP contribution is -2.28. The Labute approximate surface area is 152 Å². The molecule has 0 aliphatic carbocycles. The van der Waals surface area contributed by atoms with Crippen molar-refractivity contribution in [2.75, 3.05) is 40.9 Å². The Morgan fingerprint density at radius 3 is 2.64 bits per heavy atom. The van der Waals surface area contributed by atoms with E-state index < -0.39 is 0 Å². The monoisotopic (exact) mass is 364 g/mol. The minimum Gasteiger partial charge on any atom is -0.497 e. The minimum absolute atomic E-state index is 0.239. The van der Waals surface area contributed by atoms with E-state index in [0.717, 1.165) is 25.2 Å². The van der Waals surface area contributed by atoms with Crippen molar-refractivity contribution in [1.82, 2.24) is 20.2 Å². The quantitative estimate of drug-likeness (QED) is 0.461. The Balaban J connectivity index is 2.40. The molecule has 2 aromatic rings. The highest BCUT2D eigenvalue weighted by Crippen LogP contribution is 2.32. The molecular formula is C17H24N4O3S. The molecule has 25 heavy (non-hydrogen) atoms. The molecule has 3 N–H and O–H groups in total. The molecule has 0 aliphatic heterocycles. The first kappa shape index (κ1) is 19.2. The highest BCUT2D eigenvalue weighted by atomic mass is 32.1. The first-order valence-corrected chi connectivity index (χ1v) is 8.43. The zero-order valence-corrected chi connectivity index (χ0v) is 15.5. The molecule has 1 aromatic heterocycles. The van der Waals surface area contributed by atoms with E-state index in [-0.39, 0.29) is 5.56 Å². The van der Waals surface area contributed by atoms with Gasteiger partial charge in [-0.15, -0.1) is 0 Å². The summed E-state index contributed by atoms with van der Waals surface area (Å²) in [7, 11) is 5.09. The Morgan fingerprint density at radius 2 is 1.96 bits per heavy atom. The van der Waals surface area contributed by atoms with Crippen molar-refractivity contribution >= 4 is 12.2 Å². The first-order valence-electron chi connectivity index (χ1n) is 8.02. The second-order valence-electron chi connectivity index (χ2n) is 5.40. The average Bonchev–Trinajstić information content (AvgIpc) is 2.62. The molecule has 0 atom stereocenters. The number of H-pyrrole nitrogens is 1. The maximum atomic E-state index is 11.9. The number of ether oxygens (including phenoxy) is 2. The topological polar surface area (TPSA) is 80.3 Å². The van der Waals surface area contributed by atoms with Gasteiger partial charge in [-0.25, -0.2) is 0 Å². The number of nitrogens with one attached hydrogen (secondary N) is 3. The predicted octanol–water partition coefficient (Wildman–Crippen LogP) is 1.40. The standard InChI is InChI=1S/C17H24N4O3S/c1-18-6-7-19-8-9-21-14(11-16(22)20-17(21)25)13-5-4-12(23-2)10-15(13)24-3/h4-5,10-11,18-19H,6-9H2,1-3H3,(H,20,22,25). The van der Waals surface area contributed by atoms with E-state index in [1.165, 1.54) is 6.07 Å². The van der Waals surface area contributed by atoms with Crippen molar-refractivity contribution in [3.63, 3.8) is 0 Å². The largest absolute Gasteiger partial charge is 0.497 e. The van der Waals surface area contributed by atoms with Crippen molar-refractivity contribution in [2.45, 2.75) is 6.54 Å². The summed E-state index contributed by atoms with van der Waals surface area (Å²) < 4.78 is 13.0. The molecule has 0 saturated heterocycles. The van der Waals surface area contributed by atoms with Crippen LogP contribution in [0.2, 0.25) is 0 Å². The van der Waals surface area contributed by atoms with Crippen molar-refractivity contribution < 1.29 is 9.47 Å². The van der Waals surface area contributed by atoms with Gasteiger partial charge in [-0.05, 0) is 31.4 Å². The van der Waals surface area contributed by atoms with Crippen molar-refractivity contribution in [3.05, 3.63) is 39.4 Å². The minimum atomic E-state index is -0.239. The fourth-order valence-electron chi connectivity index (χ4n) is 2.50. The average molecular weight is 364 g/mol. The van der Waals surface area contributed by atoms with E-state index in [0.29, 0.717) is 28.5 Å². The Hall–Kier alpha value is -2.16. The van der Waals surface area contributed by atoms with Crippen LogP contribution in [0.15, 0.2) is 29.1 Å².